The maximum atomic E-state index is 11.4. The smallest absolute Gasteiger partial charge is 0.227 e. The summed E-state index contributed by atoms with van der Waals surface area (Å²) < 4.78 is 1.99. The summed E-state index contributed by atoms with van der Waals surface area (Å²) in [6, 6.07) is 2.95. The first-order valence-electron chi connectivity index (χ1n) is 3.63. The molecular formula is C7H4BrClN4O. The van der Waals surface area contributed by atoms with Crippen LogP contribution in [0.1, 0.15) is 0 Å². The van der Waals surface area contributed by atoms with Crippen molar-refractivity contribution in [2.75, 3.05) is 0 Å². The lowest BCUT2D eigenvalue weighted by Crippen LogP contribution is -2.14. The van der Waals surface area contributed by atoms with E-state index in [0.717, 1.165) is 0 Å². The molecule has 1 N–H and O–H groups in total. The van der Waals surface area contributed by atoms with Gasteiger partial charge in [-0.15, -0.1) is 0 Å². The molecule has 0 amide bonds. The van der Waals surface area contributed by atoms with Crippen molar-refractivity contribution < 1.29 is 0 Å². The van der Waals surface area contributed by atoms with Gasteiger partial charge in [-0.05, 0) is 22.0 Å². The Morgan fingerprint density at radius 2 is 2.36 bits per heavy atom. The zero-order valence-electron chi connectivity index (χ0n) is 6.74. The number of hydrogen-bond donors (Lipinski definition) is 1. The third kappa shape index (κ3) is 1.71. The Kier molecular flexibility index (Phi) is 2.39. The van der Waals surface area contributed by atoms with E-state index in [2.05, 4.69) is 31.2 Å². The normalized spacial score (nSPS) is 10.4. The molecule has 2 rings (SSSR count). The number of nitrogens with zero attached hydrogens (tertiary/aromatic N) is 3. The zero-order valence-corrected chi connectivity index (χ0v) is 9.08. The van der Waals surface area contributed by atoms with Crippen LogP contribution in [0, 0.1) is 0 Å². The summed E-state index contributed by atoms with van der Waals surface area (Å²) >= 11 is 8.72. The van der Waals surface area contributed by atoms with Crippen LogP contribution < -0.4 is 5.43 Å². The number of aromatic amines is 1. The van der Waals surface area contributed by atoms with Gasteiger partial charge in [0.2, 0.25) is 11.2 Å². The highest BCUT2D eigenvalue weighted by Crippen LogP contribution is 2.06. The van der Waals surface area contributed by atoms with E-state index in [1.165, 1.54) is 10.7 Å². The van der Waals surface area contributed by atoms with E-state index in [9.17, 15) is 4.79 Å². The second kappa shape index (κ2) is 3.55. The van der Waals surface area contributed by atoms with E-state index in [0.29, 0.717) is 4.60 Å². The molecular weight excluding hydrogens is 271 g/mol. The zero-order chi connectivity index (χ0) is 10.1. The largest absolute Gasteiger partial charge is 0.286 e. The van der Waals surface area contributed by atoms with Crippen LogP contribution in [0.2, 0.25) is 5.15 Å². The van der Waals surface area contributed by atoms with Crippen molar-refractivity contribution in [2.24, 2.45) is 0 Å². The molecule has 2 aromatic heterocycles. The second-order valence-electron chi connectivity index (χ2n) is 2.49. The molecule has 0 saturated carbocycles. The molecule has 0 radical (unpaired) electrons. The summed E-state index contributed by atoms with van der Waals surface area (Å²) in [6.07, 6.45) is 1.62. The first-order chi connectivity index (χ1) is 6.66. The van der Waals surface area contributed by atoms with Crippen LogP contribution in [0.5, 0.6) is 0 Å². The SMILES string of the molecule is O=c1cc(Cl)[nH]nc1-n1ccc(Br)n1. The van der Waals surface area contributed by atoms with Crippen molar-refractivity contribution in [1.29, 1.82) is 0 Å². The summed E-state index contributed by atoms with van der Waals surface area (Å²) in [5.74, 6) is 0.181. The van der Waals surface area contributed by atoms with Crippen molar-refractivity contribution >= 4 is 27.5 Å². The average molecular weight is 275 g/mol. The fraction of sp³-hybridized carbons (Fsp3) is 0. The number of hydrogen-bond acceptors (Lipinski definition) is 3. The van der Waals surface area contributed by atoms with Gasteiger partial charge in [-0.25, -0.2) is 4.68 Å². The molecule has 0 bridgehead atoms. The summed E-state index contributed by atoms with van der Waals surface area (Å²) in [7, 11) is 0. The van der Waals surface area contributed by atoms with Crippen LogP contribution in [0.4, 0.5) is 0 Å². The van der Waals surface area contributed by atoms with Crippen LogP contribution in [0.15, 0.2) is 27.7 Å². The van der Waals surface area contributed by atoms with Gasteiger partial charge in [-0.1, -0.05) is 11.6 Å². The number of rotatable bonds is 1. The number of nitrogens with one attached hydrogen (secondary N) is 1. The van der Waals surface area contributed by atoms with E-state index in [1.54, 1.807) is 12.3 Å². The molecule has 2 heterocycles. The van der Waals surface area contributed by atoms with Crippen LogP contribution in [0.25, 0.3) is 5.82 Å². The van der Waals surface area contributed by atoms with E-state index < -0.39 is 0 Å². The lowest BCUT2D eigenvalue weighted by Gasteiger charge is -1.97. The predicted molar refractivity (Wildman–Crippen MR) is 54.7 cm³/mol. The van der Waals surface area contributed by atoms with Gasteiger partial charge in [0, 0.05) is 12.3 Å². The number of halogens is 2. The minimum Gasteiger partial charge on any atom is -0.286 e. The lowest BCUT2D eigenvalue weighted by molar-refractivity contribution is 0.799. The van der Waals surface area contributed by atoms with E-state index >= 15 is 0 Å². The maximum Gasteiger partial charge on any atom is 0.227 e. The summed E-state index contributed by atoms with van der Waals surface area (Å²) in [5, 5.41) is 10.4. The molecule has 0 aliphatic heterocycles. The van der Waals surface area contributed by atoms with Gasteiger partial charge in [0.1, 0.15) is 9.76 Å². The van der Waals surface area contributed by atoms with E-state index in [1.807, 2.05) is 0 Å². The Bertz CT molecular complexity index is 520. The maximum absolute atomic E-state index is 11.4. The van der Waals surface area contributed by atoms with Crippen LogP contribution >= 0.6 is 27.5 Å². The average Bonchev–Trinajstić information content (AvgIpc) is 2.51. The van der Waals surface area contributed by atoms with Gasteiger partial charge < -0.3 is 0 Å². The molecule has 0 atom stereocenters. The van der Waals surface area contributed by atoms with Crippen molar-refractivity contribution in [2.45, 2.75) is 0 Å². The van der Waals surface area contributed by atoms with Crippen molar-refractivity contribution in [3.05, 3.63) is 38.3 Å². The molecule has 14 heavy (non-hydrogen) atoms. The molecule has 0 saturated heterocycles. The van der Waals surface area contributed by atoms with Gasteiger partial charge in [-0.3, -0.25) is 9.89 Å². The molecule has 0 spiro atoms. The Balaban J connectivity index is 2.57. The minimum absolute atomic E-state index is 0.181. The van der Waals surface area contributed by atoms with Crippen molar-refractivity contribution in [3.63, 3.8) is 0 Å². The Morgan fingerprint density at radius 3 is 2.93 bits per heavy atom. The monoisotopic (exact) mass is 274 g/mol. The van der Waals surface area contributed by atoms with Crippen molar-refractivity contribution in [3.8, 4) is 5.82 Å². The Hall–Kier alpha value is -1.14. The van der Waals surface area contributed by atoms with Crippen LogP contribution in [0.3, 0.4) is 0 Å². The molecule has 7 heteroatoms. The molecule has 2 aromatic rings. The quantitative estimate of drug-likeness (QED) is 0.855. The van der Waals surface area contributed by atoms with Gasteiger partial charge in [0.05, 0.1) is 0 Å². The standard InChI is InChI=1S/C7H4BrClN4O/c8-5-1-2-13(12-5)7-4(14)3-6(9)10-11-7/h1-3H,(H,10,14). The molecule has 0 aliphatic rings. The molecule has 0 aromatic carbocycles. The van der Waals surface area contributed by atoms with Gasteiger partial charge in [-0.2, -0.15) is 10.2 Å². The van der Waals surface area contributed by atoms with Crippen LogP contribution in [-0.4, -0.2) is 20.0 Å². The fourth-order valence-electron chi connectivity index (χ4n) is 0.957. The lowest BCUT2D eigenvalue weighted by atomic mass is 10.5. The van der Waals surface area contributed by atoms with Gasteiger partial charge >= 0.3 is 0 Å². The molecule has 0 unspecified atom stereocenters. The van der Waals surface area contributed by atoms with Gasteiger partial charge in [0.15, 0.2) is 0 Å². The highest BCUT2D eigenvalue weighted by atomic mass is 79.9. The molecule has 5 nitrogen and oxygen atoms in total. The topological polar surface area (TPSA) is 63.6 Å². The first-order valence-corrected chi connectivity index (χ1v) is 4.81. The second-order valence-corrected chi connectivity index (χ2v) is 3.71. The Labute approximate surface area is 91.8 Å². The van der Waals surface area contributed by atoms with E-state index in [-0.39, 0.29) is 16.4 Å². The summed E-state index contributed by atoms with van der Waals surface area (Å²) in [6.45, 7) is 0. The van der Waals surface area contributed by atoms with Crippen LogP contribution in [-0.2, 0) is 0 Å². The third-order valence-electron chi connectivity index (χ3n) is 1.52. The third-order valence-corrected chi connectivity index (χ3v) is 2.14. The Morgan fingerprint density at radius 1 is 1.57 bits per heavy atom. The minimum atomic E-state index is -0.288. The number of H-pyrrole nitrogens is 1. The molecule has 0 fully saturated rings. The van der Waals surface area contributed by atoms with E-state index in [4.69, 9.17) is 11.6 Å². The summed E-state index contributed by atoms with van der Waals surface area (Å²) in [5.41, 5.74) is -0.288. The summed E-state index contributed by atoms with van der Waals surface area (Å²) in [4.78, 5) is 11.4. The number of aromatic nitrogens is 4. The highest BCUT2D eigenvalue weighted by Gasteiger charge is 2.05. The van der Waals surface area contributed by atoms with Gasteiger partial charge in [0.25, 0.3) is 0 Å². The fourth-order valence-corrected chi connectivity index (χ4v) is 1.39. The molecule has 72 valence electrons. The van der Waals surface area contributed by atoms with Crippen molar-refractivity contribution in [1.82, 2.24) is 20.0 Å². The highest BCUT2D eigenvalue weighted by molar-refractivity contribution is 9.10. The predicted octanol–water partition coefficient (Wildman–Crippen LogP) is 1.37. The first kappa shape index (κ1) is 9.42. The molecule has 0 aliphatic carbocycles.